The third-order valence-corrected chi connectivity index (χ3v) is 1.82. The van der Waals surface area contributed by atoms with Crippen molar-refractivity contribution in [2.75, 3.05) is 0 Å². The van der Waals surface area contributed by atoms with Crippen LogP contribution in [-0.2, 0) is 0 Å². The summed E-state index contributed by atoms with van der Waals surface area (Å²) in [5, 5.41) is 8.92. The topological polar surface area (TPSA) is 46.2 Å². The fourth-order valence-electron chi connectivity index (χ4n) is 1.07. The molecule has 1 atom stereocenters. The van der Waals surface area contributed by atoms with Gasteiger partial charge in [-0.2, -0.15) is 0 Å². The summed E-state index contributed by atoms with van der Waals surface area (Å²) in [6.45, 7) is 3.54. The van der Waals surface area contributed by atoms with E-state index in [1.807, 2.05) is 0 Å². The maximum atomic E-state index is 12.8. The van der Waals surface area contributed by atoms with Crippen molar-refractivity contribution in [3.8, 4) is 5.75 Å². The number of hydrogen-bond donors (Lipinski definition) is 2. The smallest absolute Gasteiger partial charge is 0.165 e. The van der Waals surface area contributed by atoms with Gasteiger partial charge in [0.1, 0.15) is 0 Å². The van der Waals surface area contributed by atoms with Gasteiger partial charge in [-0.25, -0.2) is 4.39 Å². The monoisotopic (exact) mass is 181 g/mol. The molecule has 70 valence electrons. The zero-order chi connectivity index (χ0) is 9.84. The average molecular weight is 181 g/mol. The number of nitrogens with two attached hydrogens (primary N) is 1. The van der Waals surface area contributed by atoms with Gasteiger partial charge < -0.3 is 10.8 Å². The number of phenols is 1. The number of aromatic hydroxyl groups is 1. The quantitative estimate of drug-likeness (QED) is 0.701. The summed E-state index contributed by atoms with van der Waals surface area (Å²) in [7, 11) is 0. The minimum atomic E-state index is -0.642. The summed E-state index contributed by atoms with van der Waals surface area (Å²) in [6.07, 6.45) is 2.26. The van der Waals surface area contributed by atoms with Crippen LogP contribution in [0.2, 0.25) is 0 Å². The van der Waals surface area contributed by atoms with E-state index in [9.17, 15) is 4.39 Å². The molecule has 2 nitrogen and oxygen atoms in total. The Morgan fingerprint density at radius 1 is 1.62 bits per heavy atom. The van der Waals surface area contributed by atoms with Gasteiger partial charge in [0.15, 0.2) is 11.6 Å². The molecule has 1 aromatic rings. The minimum Gasteiger partial charge on any atom is -0.505 e. The van der Waals surface area contributed by atoms with Crippen molar-refractivity contribution in [2.24, 2.45) is 5.73 Å². The van der Waals surface area contributed by atoms with Gasteiger partial charge in [-0.3, -0.25) is 0 Å². The highest BCUT2D eigenvalue weighted by Crippen LogP contribution is 2.21. The van der Waals surface area contributed by atoms with Crippen molar-refractivity contribution < 1.29 is 9.50 Å². The van der Waals surface area contributed by atoms with Crippen LogP contribution in [0.25, 0.3) is 0 Å². The third kappa shape index (κ3) is 2.29. The predicted octanol–water partition coefficient (Wildman–Crippen LogP) is 2.11. The van der Waals surface area contributed by atoms with Crippen molar-refractivity contribution >= 4 is 0 Å². The molecule has 0 amide bonds. The lowest BCUT2D eigenvalue weighted by atomic mass is 10.0. The molecule has 0 unspecified atom stereocenters. The summed E-state index contributed by atoms with van der Waals surface area (Å²) >= 11 is 0. The van der Waals surface area contributed by atoms with Crippen molar-refractivity contribution in [2.45, 2.75) is 12.5 Å². The van der Waals surface area contributed by atoms with E-state index in [1.165, 1.54) is 12.1 Å². The molecule has 3 N–H and O–H groups in total. The number of rotatable bonds is 3. The lowest BCUT2D eigenvalue weighted by Gasteiger charge is -2.09. The Bertz CT molecular complexity index is 312. The van der Waals surface area contributed by atoms with Gasteiger partial charge in [-0.15, -0.1) is 6.58 Å². The van der Waals surface area contributed by atoms with E-state index >= 15 is 0 Å². The van der Waals surface area contributed by atoms with Crippen LogP contribution < -0.4 is 5.73 Å². The van der Waals surface area contributed by atoms with E-state index in [2.05, 4.69) is 6.58 Å². The van der Waals surface area contributed by atoms with E-state index in [-0.39, 0.29) is 11.8 Å². The Morgan fingerprint density at radius 2 is 2.31 bits per heavy atom. The zero-order valence-electron chi connectivity index (χ0n) is 7.20. The fraction of sp³-hybridized carbons (Fsp3) is 0.200. The lowest BCUT2D eigenvalue weighted by Crippen LogP contribution is -2.08. The predicted molar refractivity (Wildman–Crippen MR) is 49.8 cm³/mol. The van der Waals surface area contributed by atoms with Crippen LogP contribution in [0, 0.1) is 5.82 Å². The molecule has 0 heterocycles. The maximum Gasteiger partial charge on any atom is 0.165 e. The highest BCUT2D eigenvalue weighted by molar-refractivity contribution is 5.29. The summed E-state index contributed by atoms with van der Waals surface area (Å²) in [5.74, 6) is -0.994. The molecule has 0 aromatic heterocycles. The molecule has 0 fully saturated rings. The van der Waals surface area contributed by atoms with Crippen LogP contribution in [0.4, 0.5) is 4.39 Å². The summed E-state index contributed by atoms with van der Waals surface area (Å²) in [6, 6.07) is 3.89. The van der Waals surface area contributed by atoms with E-state index in [4.69, 9.17) is 10.8 Å². The van der Waals surface area contributed by atoms with Crippen molar-refractivity contribution in [1.82, 2.24) is 0 Å². The van der Waals surface area contributed by atoms with Gasteiger partial charge in [-0.1, -0.05) is 12.1 Å². The second kappa shape index (κ2) is 4.05. The van der Waals surface area contributed by atoms with Crippen LogP contribution in [0.15, 0.2) is 30.9 Å². The highest BCUT2D eigenvalue weighted by Gasteiger charge is 2.07. The van der Waals surface area contributed by atoms with E-state index in [0.717, 1.165) is 0 Å². The standard InChI is InChI=1S/C10H12FNO/c1-2-3-9(12)7-4-5-10(13)8(11)6-7/h2,4-6,9,13H,1,3,12H2/t9-/m1/s1. The van der Waals surface area contributed by atoms with Crippen LogP contribution in [-0.4, -0.2) is 5.11 Å². The SMILES string of the molecule is C=CC[C@@H](N)c1ccc(O)c(F)c1. The van der Waals surface area contributed by atoms with Gasteiger partial charge in [-0.05, 0) is 24.1 Å². The van der Waals surface area contributed by atoms with E-state index in [0.29, 0.717) is 12.0 Å². The van der Waals surface area contributed by atoms with Gasteiger partial charge >= 0.3 is 0 Å². The Morgan fingerprint density at radius 3 is 2.85 bits per heavy atom. The molecule has 1 rings (SSSR count). The molecule has 0 aliphatic heterocycles. The summed E-state index contributed by atoms with van der Waals surface area (Å²) in [4.78, 5) is 0. The van der Waals surface area contributed by atoms with Crippen molar-refractivity contribution in [3.05, 3.63) is 42.2 Å². The molecular weight excluding hydrogens is 169 g/mol. The Labute approximate surface area is 76.5 Å². The van der Waals surface area contributed by atoms with Crippen LogP contribution >= 0.6 is 0 Å². The highest BCUT2D eigenvalue weighted by atomic mass is 19.1. The Balaban J connectivity index is 2.89. The minimum absolute atomic E-state index is 0.257. The molecule has 0 bridgehead atoms. The van der Waals surface area contributed by atoms with Crippen molar-refractivity contribution in [1.29, 1.82) is 0 Å². The lowest BCUT2D eigenvalue weighted by molar-refractivity contribution is 0.431. The first kappa shape index (κ1) is 9.74. The van der Waals surface area contributed by atoms with Gasteiger partial charge in [0.2, 0.25) is 0 Å². The second-order valence-corrected chi connectivity index (χ2v) is 2.84. The normalized spacial score (nSPS) is 12.5. The maximum absolute atomic E-state index is 12.8. The molecule has 3 heteroatoms. The van der Waals surface area contributed by atoms with Crippen LogP contribution in [0.1, 0.15) is 18.0 Å². The van der Waals surface area contributed by atoms with Gasteiger partial charge in [0.05, 0.1) is 0 Å². The zero-order valence-corrected chi connectivity index (χ0v) is 7.20. The first-order valence-corrected chi connectivity index (χ1v) is 4.00. The molecule has 13 heavy (non-hydrogen) atoms. The fourth-order valence-corrected chi connectivity index (χ4v) is 1.07. The molecule has 0 saturated heterocycles. The number of phenolic OH excluding ortho intramolecular Hbond substituents is 1. The third-order valence-electron chi connectivity index (χ3n) is 1.82. The number of hydrogen-bond acceptors (Lipinski definition) is 2. The number of benzene rings is 1. The molecule has 0 aliphatic rings. The Hall–Kier alpha value is -1.35. The molecule has 0 aliphatic carbocycles. The molecule has 0 saturated carbocycles. The van der Waals surface area contributed by atoms with Gasteiger partial charge in [0, 0.05) is 6.04 Å². The first-order chi connectivity index (χ1) is 6.15. The van der Waals surface area contributed by atoms with Crippen molar-refractivity contribution in [3.63, 3.8) is 0 Å². The molecule has 0 spiro atoms. The van der Waals surface area contributed by atoms with E-state index in [1.54, 1.807) is 12.1 Å². The summed E-state index contributed by atoms with van der Waals surface area (Å²) in [5.41, 5.74) is 6.37. The van der Waals surface area contributed by atoms with Gasteiger partial charge in [0.25, 0.3) is 0 Å². The summed E-state index contributed by atoms with van der Waals surface area (Å²) < 4.78 is 12.8. The molecule has 0 radical (unpaired) electrons. The van der Waals surface area contributed by atoms with E-state index < -0.39 is 5.82 Å². The second-order valence-electron chi connectivity index (χ2n) is 2.84. The number of halogens is 1. The Kier molecular flexibility index (Phi) is 3.03. The molecule has 1 aromatic carbocycles. The van der Waals surface area contributed by atoms with Crippen LogP contribution in [0.5, 0.6) is 5.75 Å². The van der Waals surface area contributed by atoms with Crippen LogP contribution in [0.3, 0.4) is 0 Å². The first-order valence-electron chi connectivity index (χ1n) is 4.00. The average Bonchev–Trinajstić information content (AvgIpc) is 2.10. The largest absolute Gasteiger partial charge is 0.505 e. The molecular formula is C10H12FNO.